The van der Waals surface area contributed by atoms with Gasteiger partial charge in [0.15, 0.2) is 0 Å². The number of H-pyrrole nitrogens is 1. The van der Waals surface area contributed by atoms with Gasteiger partial charge >= 0.3 is 12.0 Å². The number of thioether (sulfide) groups is 2. The number of amides is 4. The van der Waals surface area contributed by atoms with Crippen LogP contribution in [0.4, 0.5) is 4.79 Å². The van der Waals surface area contributed by atoms with Crippen LogP contribution in [0.25, 0.3) is 0 Å². The van der Waals surface area contributed by atoms with E-state index in [4.69, 9.17) is 4.74 Å². The molecule has 0 saturated carbocycles. The van der Waals surface area contributed by atoms with Crippen molar-refractivity contribution in [1.29, 1.82) is 0 Å². The van der Waals surface area contributed by atoms with Gasteiger partial charge in [0.25, 0.3) is 17.5 Å². The number of methoxy groups -OCH3 is 1. The molecule has 5 N–H and O–H groups in total. The second-order valence-corrected chi connectivity index (χ2v) is 10.6. The molecule has 1 saturated heterocycles. The predicted octanol–water partition coefficient (Wildman–Crippen LogP) is 0.731. The van der Waals surface area contributed by atoms with Gasteiger partial charge in [0, 0.05) is 30.0 Å². The highest BCUT2D eigenvalue weighted by Crippen LogP contribution is 2.47. The fraction of sp³-hybridized carbons (Fsp3) is 0.400. The van der Waals surface area contributed by atoms with Crippen LogP contribution in [0.1, 0.15) is 17.8 Å². The van der Waals surface area contributed by atoms with Crippen LogP contribution in [0.2, 0.25) is 0 Å². The van der Waals surface area contributed by atoms with Crippen LogP contribution in [0.15, 0.2) is 40.0 Å². The Morgan fingerprint density at radius 1 is 1.44 bits per heavy atom. The van der Waals surface area contributed by atoms with Crippen molar-refractivity contribution in [3.8, 4) is 0 Å². The number of carboxylic acids is 1. The van der Waals surface area contributed by atoms with E-state index in [0.717, 1.165) is 4.90 Å². The molecule has 0 spiro atoms. The van der Waals surface area contributed by atoms with E-state index in [1.54, 1.807) is 24.4 Å². The van der Waals surface area contributed by atoms with E-state index in [2.05, 4.69) is 31.4 Å². The van der Waals surface area contributed by atoms with Crippen LogP contribution in [-0.4, -0.2) is 85.5 Å². The maximum absolute atomic E-state index is 13.4. The first-order chi connectivity index (χ1) is 17.3. The summed E-state index contributed by atoms with van der Waals surface area (Å²) in [6.45, 7) is 2.11. The first-order valence-electron chi connectivity index (χ1n) is 10.7. The van der Waals surface area contributed by atoms with Gasteiger partial charge in [0.05, 0.1) is 6.20 Å². The number of hydrogen-bond donors (Lipinski definition) is 5. The van der Waals surface area contributed by atoms with Crippen molar-refractivity contribution in [2.45, 2.75) is 29.1 Å². The molecule has 0 aliphatic carbocycles. The minimum Gasteiger partial charge on any atom is -0.477 e. The Bertz CT molecular complexity index is 1170. The Balaban J connectivity index is 1.55. The quantitative estimate of drug-likeness (QED) is 0.160. The zero-order chi connectivity index (χ0) is 25.9. The molecule has 2 unspecified atom stereocenters. The summed E-state index contributed by atoms with van der Waals surface area (Å²) in [6, 6.07) is 1.80. The number of nitrogens with zero attached hydrogens (tertiary/aromatic N) is 3. The van der Waals surface area contributed by atoms with Crippen molar-refractivity contribution in [2.75, 3.05) is 25.2 Å². The van der Waals surface area contributed by atoms with Crippen molar-refractivity contribution in [3.05, 3.63) is 39.9 Å². The van der Waals surface area contributed by atoms with Gasteiger partial charge in [0.1, 0.15) is 22.1 Å². The number of urea groups is 1. The van der Waals surface area contributed by atoms with E-state index in [-0.39, 0.29) is 5.70 Å². The molecule has 2 aromatic heterocycles. The van der Waals surface area contributed by atoms with Gasteiger partial charge in [-0.15, -0.1) is 28.2 Å². The Morgan fingerprint density at radius 2 is 2.25 bits per heavy atom. The molecule has 192 valence electrons. The molecule has 0 radical (unpaired) electrons. The zero-order valence-corrected chi connectivity index (χ0v) is 21.6. The number of nitrogens with one attached hydrogen (secondary N) is 4. The predicted molar refractivity (Wildman–Crippen MR) is 132 cm³/mol. The maximum atomic E-state index is 13.4. The fourth-order valence-electron chi connectivity index (χ4n) is 3.80. The largest absolute Gasteiger partial charge is 0.477 e. The summed E-state index contributed by atoms with van der Waals surface area (Å²) in [5, 5.41) is 29.4. The molecule has 0 aromatic carbocycles. The van der Waals surface area contributed by atoms with E-state index in [9.17, 15) is 24.3 Å². The second-order valence-electron chi connectivity index (χ2n) is 7.57. The molecule has 2 aliphatic heterocycles. The van der Waals surface area contributed by atoms with E-state index in [1.807, 2.05) is 0 Å². The first kappa shape index (κ1) is 26.0. The molecular weight excluding hydrogens is 530 g/mol. The number of β-lactam (4-membered cyclic amide) rings is 1. The normalized spacial score (nSPS) is 21.9. The average Bonchev–Trinajstić information content (AvgIpc) is 3.58. The highest BCUT2D eigenvalue weighted by Gasteiger charge is 2.67. The summed E-state index contributed by atoms with van der Waals surface area (Å²) in [4.78, 5) is 52.7. The highest BCUT2D eigenvalue weighted by atomic mass is 32.2. The van der Waals surface area contributed by atoms with Crippen molar-refractivity contribution in [2.24, 2.45) is 0 Å². The minimum absolute atomic E-state index is 0.142. The van der Waals surface area contributed by atoms with Crippen LogP contribution >= 0.6 is 34.9 Å². The smallest absolute Gasteiger partial charge is 0.352 e. The molecular formula is C20H23N7O6S3. The molecule has 4 heterocycles. The Kier molecular flexibility index (Phi) is 7.87. The van der Waals surface area contributed by atoms with Gasteiger partial charge in [-0.3, -0.25) is 14.5 Å². The molecule has 4 rings (SSSR count). The SMILES string of the molecule is CCNC(=O)NC(C(=O)N[C@]1(OC)C(=O)N2C(C(=O)O)=C(CSc3cn[nH]n3)CSC21)c1cccs1. The number of aromatic amines is 1. The van der Waals surface area contributed by atoms with Gasteiger partial charge in [-0.05, 0) is 23.9 Å². The number of aliphatic carboxylic acids is 1. The summed E-state index contributed by atoms with van der Waals surface area (Å²) in [7, 11) is 1.27. The third-order valence-electron chi connectivity index (χ3n) is 5.43. The first-order valence-corrected chi connectivity index (χ1v) is 13.6. The zero-order valence-electron chi connectivity index (χ0n) is 19.1. The molecule has 13 nitrogen and oxygen atoms in total. The van der Waals surface area contributed by atoms with Gasteiger partial charge in [-0.25, -0.2) is 9.59 Å². The van der Waals surface area contributed by atoms with Gasteiger partial charge in [-0.2, -0.15) is 10.3 Å². The molecule has 0 bridgehead atoms. The van der Waals surface area contributed by atoms with Crippen molar-refractivity contribution in [3.63, 3.8) is 0 Å². The molecule has 16 heteroatoms. The Hall–Kier alpha value is -3.08. The molecule has 2 aromatic rings. The number of carbonyl (C=O) groups excluding carboxylic acids is 3. The summed E-state index contributed by atoms with van der Waals surface area (Å²) in [6.07, 6.45) is 1.52. The highest BCUT2D eigenvalue weighted by molar-refractivity contribution is 8.01. The van der Waals surface area contributed by atoms with Gasteiger partial charge in [0.2, 0.25) is 0 Å². The lowest BCUT2D eigenvalue weighted by Crippen LogP contribution is -2.81. The number of rotatable bonds is 10. The summed E-state index contributed by atoms with van der Waals surface area (Å²) in [5.41, 5.74) is -1.39. The van der Waals surface area contributed by atoms with Crippen molar-refractivity contribution in [1.82, 2.24) is 36.3 Å². The third-order valence-corrected chi connectivity index (χ3v) is 8.73. The van der Waals surface area contributed by atoms with E-state index >= 15 is 0 Å². The molecule has 2 aliphatic rings. The number of fused-ring (bicyclic) bond motifs is 1. The van der Waals surface area contributed by atoms with Gasteiger partial charge in [-0.1, -0.05) is 17.8 Å². The van der Waals surface area contributed by atoms with E-state index in [0.29, 0.717) is 33.5 Å². The molecule has 4 amide bonds. The number of aromatic nitrogens is 3. The van der Waals surface area contributed by atoms with Crippen LogP contribution in [0, 0.1) is 0 Å². The summed E-state index contributed by atoms with van der Waals surface area (Å²) < 4.78 is 5.52. The van der Waals surface area contributed by atoms with Crippen molar-refractivity contribution >= 4 is 58.7 Å². The molecule has 1 fully saturated rings. The number of thiophene rings is 1. The monoisotopic (exact) mass is 553 g/mol. The lowest BCUT2D eigenvalue weighted by molar-refractivity contribution is -0.192. The van der Waals surface area contributed by atoms with E-state index in [1.165, 1.54) is 48.2 Å². The van der Waals surface area contributed by atoms with Crippen molar-refractivity contribution < 1.29 is 29.0 Å². The Labute approximate surface area is 217 Å². The number of carboxylic acid groups (broad SMARTS) is 1. The number of ether oxygens (including phenoxy) is 1. The molecule has 36 heavy (non-hydrogen) atoms. The van der Waals surface area contributed by atoms with Crippen LogP contribution in [-0.2, 0) is 19.1 Å². The standard InChI is InChI=1S/C20H23N7O6S3/c1-3-21-19(32)23-13(11-5-4-6-34-11)15(28)24-20(33-2)17(31)27-14(16(29)30)10(9-36-18(20)27)8-35-12-7-22-26-25-12/h4-7,13,18H,3,8-9H2,1-2H3,(H,24,28)(H,29,30)(H2,21,23,32)(H,22,25,26)/t13?,18?,20-/m0/s1. The van der Waals surface area contributed by atoms with Crippen LogP contribution < -0.4 is 16.0 Å². The van der Waals surface area contributed by atoms with Crippen LogP contribution in [0.3, 0.4) is 0 Å². The van der Waals surface area contributed by atoms with E-state index < -0.39 is 41.0 Å². The minimum atomic E-state index is -1.79. The average molecular weight is 554 g/mol. The van der Waals surface area contributed by atoms with Crippen LogP contribution in [0.5, 0.6) is 0 Å². The lowest BCUT2D eigenvalue weighted by atomic mass is 9.97. The third kappa shape index (κ3) is 4.80. The number of carbonyl (C=O) groups is 4. The maximum Gasteiger partial charge on any atom is 0.352 e. The summed E-state index contributed by atoms with van der Waals surface area (Å²) in [5.74, 6) is -2.03. The Morgan fingerprint density at radius 3 is 2.86 bits per heavy atom. The fourth-order valence-corrected chi connectivity index (χ4v) is 6.93. The molecule has 3 atom stereocenters. The second kappa shape index (κ2) is 10.9. The van der Waals surface area contributed by atoms with Gasteiger partial charge < -0.3 is 25.8 Å². The lowest BCUT2D eigenvalue weighted by Gasteiger charge is -2.56. The number of hydrogen-bond acceptors (Lipinski definition) is 10. The topological polar surface area (TPSA) is 179 Å². The summed E-state index contributed by atoms with van der Waals surface area (Å²) >= 11 is 3.83.